The summed E-state index contributed by atoms with van der Waals surface area (Å²) < 4.78 is 31.2. The quantitative estimate of drug-likeness (QED) is 0.555. The van der Waals surface area contributed by atoms with Gasteiger partial charge >= 0.3 is 5.97 Å². The number of thiophene rings is 1. The normalized spacial score (nSPS) is 13.2. The van der Waals surface area contributed by atoms with Gasteiger partial charge in [-0.15, -0.1) is 11.3 Å². The SMILES string of the molecule is COC(=O)c1sccc1S(=O)(=O)NCCCC(C)CO. The molecule has 1 aromatic heterocycles. The fourth-order valence-electron chi connectivity index (χ4n) is 1.58. The molecule has 20 heavy (non-hydrogen) atoms. The summed E-state index contributed by atoms with van der Waals surface area (Å²) in [4.78, 5) is 11.5. The third kappa shape index (κ3) is 4.55. The molecule has 0 saturated carbocycles. The Morgan fingerprint density at radius 2 is 2.25 bits per heavy atom. The second-order valence-corrected chi connectivity index (χ2v) is 7.08. The van der Waals surface area contributed by atoms with E-state index >= 15 is 0 Å². The Morgan fingerprint density at radius 3 is 2.85 bits per heavy atom. The molecule has 1 heterocycles. The zero-order valence-corrected chi connectivity index (χ0v) is 13.1. The molecule has 1 aromatic rings. The number of nitrogens with one attached hydrogen (secondary N) is 1. The van der Waals surface area contributed by atoms with E-state index in [0.29, 0.717) is 6.42 Å². The number of hydrogen-bond acceptors (Lipinski definition) is 6. The first-order chi connectivity index (χ1) is 9.42. The second kappa shape index (κ2) is 7.72. The van der Waals surface area contributed by atoms with E-state index in [0.717, 1.165) is 17.8 Å². The summed E-state index contributed by atoms with van der Waals surface area (Å²) >= 11 is 1.03. The summed E-state index contributed by atoms with van der Waals surface area (Å²) in [6.07, 6.45) is 1.35. The molecule has 114 valence electrons. The zero-order valence-electron chi connectivity index (χ0n) is 11.5. The molecule has 0 bridgehead atoms. The van der Waals surface area contributed by atoms with E-state index in [1.807, 2.05) is 6.92 Å². The number of sulfonamides is 1. The summed E-state index contributed by atoms with van der Waals surface area (Å²) in [5.74, 6) is -0.513. The predicted octanol–water partition coefficient (Wildman–Crippen LogP) is 1.22. The largest absolute Gasteiger partial charge is 0.465 e. The Labute approximate surface area is 122 Å². The van der Waals surface area contributed by atoms with Crippen LogP contribution < -0.4 is 4.72 Å². The predicted molar refractivity (Wildman–Crippen MR) is 76.3 cm³/mol. The molecule has 1 atom stereocenters. The van der Waals surface area contributed by atoms with Crippen molar-refractivity contribution < 1.29 is 23.1 Å². The smallest absolute Gasteiger partial charge is 0.349 e. The molecule has 8 heteroatoms. The van der Waals surface area contributed by atoms with Gasteiger partial charge in [-0.25, -0.2) is 17.9 Å². The summed E-state index contributed by atoms with van der Waals surface area (Å²) in [5.41, 5.74) is 0. The molecule has 1 rings (SSSR count). The van der Waals surface area contributed by atoms with Gasteiger partial charge in [0.1, 0.15) is 9.77 Å². The molecule has 0 aliphatic carbocycles. The van der Waals surface area contributed by atoms with Crippen molar-refractivity contribution in [3.05, 3.63) is 16.3 Å². The van der Waals surface area contributed by atoms with Crippen molar-refractivity contribution in [2.45, 2.75) is 24.7 Å². The van der Waals surface area contributed by atoms with Gasteiger partial charge < -0.3 is 9.84 Å². The standard InChI is InChI=1S/C12H19NO5S2/c1-9(8-14)4-3-6-13-20(16,17)10-5-7-19-11(10)12(15)18-2/h5,7,9,13-14H,3-4,6,8H2,1-2H3. The highest BCUT2D eigenvalue weighted by Crippen LogP contribution is 2.22. The summed E-state index contributed by atoms with van der Waals surface area (Å²) in [7, 11) is -2.50. The van der Waals surface area contributed by atoms with Crippen molar-refractivity contribution in [1.29, 1.82) is 0 Å². The minimum atomic E-state index is -3.71. The van der Waals surface area contributed by atoms with Crippen LogP contribution in [0.3, 0.4) is 0 Å². The van der Waals surface area contributed by atoms with Gasteiger partial charge in [-0.05, 0) is 30.2 Å². The minimum absolute atomic E-state index is 0.0513. The van der Waals surface area contributed by atoms with Gasteiger partial charge in [-0.1, -0.05) is 6.92 Å². The molecular formula is C12H19NO5S2. The molecule has 6 nitrogen and oxygen atoms in total. The lowest BCUT2D eigenvalue weighted by Crippen LogP contribution is -2.26. The number of hydrogen-bond donors (Lipinski definition) is 2. The maximum Gasteiger partial charge on any atom is 0.349 e. The van der Waals surface area contributed by atoms with Crippen molar-refractivity contribution in [2.24, 2.45) is 5.92 Å². The second-order valence-electron chi connectivity index (χ2n) is 4.43. The van der Waals surface area contributed by atoms with E-state index in [-0.39, 0.29) is 28.8 Å². The summed E-state index contributed by atoms with van der Waals surface area (Å²) in [5, 5.41) is 10.4. The minimum Gasteiger partial charge on any atom is -0.465 e. The van der Waals surface area contributed by atoms with E-state index in [1.165, 1.54) is 18.6 Å². The monoisotopic (exact) mass is 321 g/mol. The molecule has 0 aliphatic rings. The topological polar surface area (TPSA) is 92.7 Å². The summed E-state index contributed by atoms with van der Waals surface area (Å²) in [6, 6.07) is 1.38. The fraction of sp³-hybridized carbons (Fsp3) is 0.583. The average molecular weight is 321 g/mol. The van der Waals surface area contributed by atoms with Gasteiger partial charge in [-0.3, -0.25) is 0 Å². The van der Waals surface area contributed by atoms with Crippen LogP contribution in [0.15, 0.2) is 16.3 Å². The molecule has 0 saturated heterocycles. The molecule has 0 aromatic carbocycles. The van der Waals surface area contributed by atoms with Crippen LogP contribution >= 0.6 is 11.3 Å². The number of carbonyl (C=O) groups excluding carboxylic acids is 1. The van der Waals surface area contributed by atoms with Gasteiger partial charge in [0, 0.05) is 13.2 Å². The maximum atomic E-state index is 12.1. The van der Waals surface area contributed by atoms with Crippen LogP contribution in [0, 0.1) is 5.92 Å². The number of carbonyl (C=O) groups is 1. The van der Waals surface area contributed by atoms with Gasteiger partial charge in [0.2, 0.25) is 10.0 Å². The maximum absolute atomic E-state index is 12.1. The molecule has 0 radical (unpaired) electrons. The Morgan fingerprint density at radius 1 is 1.55 bits per heavy atom. The van der Waals surface area contributed by atoms with Crippen molar-refractivity contribution in [2.75, 3.05) is 20.3 Å². The van der Waals surface area contributed by atoms with Crippen LogP contribution in [0.4, 0.5) is 0 Å². The van der Waals surface area contributed by atoms with Crippen LogP contribution in [0.5, 0.6) is 0 Å². The Hall–Kier alpha value is -0.960. The number of aliphatic hydroxyl groups is 1. The molecular weight excluding hydrogens is 302 g/mol. The van der Waals surface area contributed by atoms with E-state index in [2.05, 4.69) is 9.46 Å². The van der Waals surface area contributed by atoms with Crippen LogP contribution in [0.2, 0.25) is 0 Å². The molecule has 1 unspecified atom stereocenters. The Kier molecular flexibility index (Phi) is 6.60. The molecule has 0 amide bonds. The zero-order chi connectivity index (χ0) is 15.2. The van der Waals surface area contributed by atoms with E-state index in [4.69, 9.17) is 5.11 Å². The van der Waals surface area contributed by atoms with Crippen molar-refractivity contribution in [3.63, 3.8) is 0 Å². The van der Waals surface area contributed by atoms with E-state index < -0.39 is 16.0 Å². The molecule has 0 aliphatic heterocycles. The first-order valence-corrected chi connectivity index (χ1v) is 8.55. The van der Waals surface area contributed by atoms with Gasteiger partial charge in [-0.2, -0.15) is 0 Å². The number of ether oxygens (including phenoxy) is 1. The molecule has 0 spiro atoms. The lowest BCUT2D eigenvalue weighted by Gasteiger charge is -2.09. The summed E-state index contributed by atoms with van der Waals surface area (Å²) in [6.45, 7) is 2.25. The highest BCUT2D eigenvalue weighted by atomic mass is 32.2. The van der Waals surface area contributed by atoms with Crippen LogP contribution in [-0.2, 0) is 14.8 Å². The van der Waals surface area contributed by atoms with Gasteiger partial charge in [0.15, 0.2) is 0 Å². The first-order valence-electron chi connectivity index (χ1n) is 6.18. The van der Waals surface area contributed by atoms with E-state index in [9.17, 15) is 13.2 Å². The first kappa shape index (κ1) is 17.1. The van der Waals surface area contributed by atoms with Gasteiger partial charge in [0.05, 0.1) is 7.11 Å². The number of aliphatic hydroxyl groups excluding tert-OH is 1. The Bertz CT molecular complexity index is 538. The Balaban J connectivity index is 2.66. The number of rotatable bonds is 8. The molecule has 0 fully saturated rings. The van der Waals surface area contributed by atoms with Crippen LogP contribution in [-0.4, -0.2) is 39.8 Å². The van der Waals surface area contributed by atoms with Crippen molar-refractivity contribution >= 4 is 27.3 Å². The van der Waals surface area contributed by atoms with E-state index in [1.54, 1.807) is 0 Å². The van der Waals surface area contributed by atoms with Gasteiger partial charge in [0.25, 0.3) is 0 Å². The lowest BCUT2D eigenvalue weighted by molar-refractivity contribution is 0.0602. The highest BCUT2D eigenvalue weighted by molar-refractivity contribution is 7.89. The third-order valence-electron chi connectivity index (χ3n) is 2.77. The average Bonchev–Trinajstić information content (AvgIpc) is 2.92. The fourth-order valence-corrected chi connectivity index (χ4v) is 3.98. The van der Waals surface area contributed by atoms with Crippen molar-refractivity contribution in [3.8, 4) is 0 Å². The lowest BCUT2D eigenvalue weighted by atomic mass is 10.1. The number of esters is 1. The number of methoxy groups -OCH3 is 1. The van der Waals surface area contributed by atoms with Crippen LogP contribution in [0.25, 0.3) is 0 Å². The molecule has 2 N–H and O–H groups in total. The highest BCUT2D eigenvalue weighted by Gasteiger charge is 2.24. The van der Waals surface area contributed by atoms with Crippen molar-refractivity contribution in [1.82, 2.24) is 4.72 Å². The third-order valence-corrected chi connectivity index (χ3v) is 5.29. The van der Waals surface area contributed by atoms with Crippen LogP contribution in [0.1, 0.15) is 29.4 Å².